The van der Waals surface area contributed by atoms with Gasteiger partial charge in [-0.15, -0.1) is 10.2 Å². The molecule has 6 radical (unpaired) electrons. The normalized spacial score (nSPS) is 22.0. The number of nitrogens with one attached hydrogen (secondary N) is 1. The number of aromatic hydroxyl groups is 1. The van der Waals surface area contributed by atoms with Gasteiger partial charge in [0.15, 0.2) is 5.82 Å². The van der Waals surface area contributed by atoms with E-state index in [1.54, 1.807) is 18.2 Å². The Labute approximate surface area is 202 Å². The highest BCUT2D eigenvalue weighted by atomic mass is 16.3. The zero-order valence-electron chi connectivity index (χ0n) is 18.9. The van der Waals surface area contributed by atoms with E-state index < -0.39 is 10.8 Å². The van der Waals surface area contributed by atoms with Crippen LogP contribution in [0.5, 0.6) is 5.75 Å². The van der Waals surface area contributed by atoms with E-state index in [4.69, 9.17) is 23.5 Å². The van der Waals surface area contributed by atoms with Crippen molar-refractivity contribution < 1.29 is 5.11 Å². The van der Waals surface area contributed by atoms with Crippen LogP contribution in [-0.4, -0.2) is 73.8 Å². The lowest BCUT2D eigenvalue weighted by molar-refractivity contribution is 0.353. The maximum Gasteiger partial charge on any atom is 0.265 e. The van der Waals surface area contributed by atoms with Gasteiger partial charge in [0.1, 0.15) is 5.75 Å². The van der Waals surface area contributed by atoms with Crippen molar-refractivity contribution in [2.75, 3.05) is 11.9 Å². The summed E-state index contributed by atoms with van der Waals surface area (Å²) in [6.07, 6.45) is 6.13. The molecule has 0 saturated carbocycles. The quantitative estimate of drug-likeness (QED) is 0.560. The summed E-state index contributed by atoms with van der Waals surface area (Å²) in [7, 11) is 18.7. The number of rotatable bonds is 5. The van der Waals surface area contributed by atoms with Gasteiger partial charge in [-0.3, -0.25) is 9.48 Å². The van der Waals surface area contributed by atoms with Crippen LogP contribution >= 0.6 is 0 Å². The zero-order chi connectivity index (χ0) is 24.0. The number of hydrogen-bond donors (Lipinski definition) is 2. The van der Waals surface area contributed by atoms with Crippen molar-refractivity contribution in [3.8, 4) is 28.1 Å². The Bertz CT molecular complexity index is 1250. The molecule has 2 aromatic heterocycles. The molecular formula is C23H23B3N6O2. The fraction of sp³-hybridized carbons (Fsp3) is 0.391. The van der Waals surface area contributed by atoms with Crippen LogP contribution < -0.4 is 15.8 Å². The first-order valence-corrected chi connectivity index (χ1v) is 11.3. The number of benzene rings is 1. The average molecular weight is 448 g/mol. The van der Waals surface area contributed by atoms with Gasteiger partial charge in [0.2, 0.25) is 0 Å². The Morgan fingerprint density at radius 2 is 1.79 bits per heavy atom. The molecule has 2 N–H and O–H groups in total. The summed E-state index contributed by atoms with van der Waals surface area (Å²) < 4.78 is 0.785. The molecule has 11 heteroatoms. The Morgan fingerprint density at radius 3 is 2.38 bits per heavy atom. The lowest BCUT2D eigenvalue weighted by Gasteiger charge is -2.36. The molecule has 2 aliphatic heterocycles. The van der Waals surface area contributed by atoms with E-state index in [0.717, 1.165) is 23.3 Å². The van der Waals surface area contributed by atoms with Crippen LogP contribution in [-0.2, 0) is 5.24 Å². The molecule has 166 valence electrons. The summed E-state index contributed by atoms with van der Waals surface area (Å²) in [4.78, 5) is 14.5. The lowest BCUT2D eigenvalue weighted by atomic mass is 9.49. The van der Waals surface area contributed by atoms with Gasteiger partial charge in [-0.25, -0.2) is 0 Å². The summed E-state index contributed by atoms with van der Waals surface area (Å²) in [6, 6.07) is 11.8. The number of aromatic nitrogens is 4. The predicted octanol–water partition coefficient (Wildman–Crippen LogP) is 0.865. The van der Waals surface area contributed by atoms with E-state index in [1.807, 2.05) is 12.1 Å². The van der Waals surface area contributed by atoms with Crippen LogP contribution in [0.25, 0.3) is 22.4 Å². The molecular weight excluding hydrogens is 425 g/mol. The van der Waals surface area contributed by atoms with Crippen molar-refractivity contribution >= 4 is 29.4 Å². The molecule has 0 spiro atoms. The molecule has 0 aliphatic carbocycles. The minimum atomic E-state index is -1.89. The van der Waals surface area contributed by atoms with Crippen LogP contribution in [0.2, 0.25) is 0 Å². The molecule has 34 heavy (non-hydrogen) atoms. The highest BCUT2D eigenvalue weighted by molar-refractivity contribution is 6.56. The Hall–Kier alpha value is -3.07. The number of nitrogens with zero attached hydrogens (tertiary/aromatic N) is 5. The van der Waals surface area contributed by atoms with E-state index >= 15 is 0 Å². The van der Waals surface area contributed by atoms with E-state index in [0.29, 0.717) is 40.5 Å². The van der Waals surface area contributed by atoms with Gasteiger partial charge in [-0.05, 0) is 60.7 Å². The summed E-state index contributed by atoms with van der Waals surface area (Å²) in [5.41, 5.74) is 1.63. The predicted molar refractivity (Wildman–Crippen MR) is 133 cm³/mol. The highest BCUT2D eigenvalue weighted by Gasteiger charge is 2.35. The second-order valence-corrected chi connectivity index (χ2v) is 9.26. The molecule has 2 bridgehead atoms. The van der Waals surface area contributed by atoms with E-state index in [1.165, 1.54) is 25.1 Å². The smallest absolute Gasteiger partial charge is 0.265 e. The molecule has 3 aromatic rings. The number of hydrogen-bond acceptors (Lipinski definition) is 7. The second-order valence-electron chi connectivity index (χ2n) is 9.26. The van der Waals surface area contributed by atoms with Crippen molar-refractivity contribution in [2.24, 2.45) is 0 Å². The zero-order valence-corrected chi connectivity index (χ0v) is 18.9. The topological polar surface area (TPSA) is 96.2 Å². The molecule has 0 amide bonds. The fourth-order valence-electron chi connectivity index (χ4n) is 4.97. The third kappa shape index (κ3) is 4.36. The Balaban J connectivity index is 1.35. The van der Waals surface area contributed by atoms with Gasteiger partial charge < -0.3 is 15.3 Å². The number of fused-ring (bicyclic) bond motifs is 2. The Kier molecular flexibility index (Phi) is 5.76. The number of phenolic OH excluding ortho intramolecular Hbond substituents is 1. The fourth-order valence-corrected chi connectivity index (χ4v) is 4.97. The number of phenols is 1. The highest BCUT2D eigenvalue weighted by Crippen LogP contribution is 2.34. The van der Waals surface area contributed by atoms with Crippen molar-refractivity contribution in [1.82, 2.24) is 25.3 Å². The molecule has 1 aromatic carbocycles. The van der Waals surface area contributed by atoms with Crippen LogP contribution in [0.1, 0.15) is 25.7 Å². The molecule has 8 nitrogen and oxygen atoms in total. The van der Waals surface area contributed by atoms with Gasteiger partial charge in [0.05, 0.1) is 35.4 Å². The van der Waals surface area contributed by atoms with Gasteiger partial charge in [-0.1, -0.05) is 6.07 Å². The molecule has 2 saturated heterocycles. The van der Waals surface area contributed by atoms with Crippen molar-refractivity contribution in [3.63, 3.8) is 0 Å². The van der Waals surface area contributed by atoms with E-state index in [9.17, 15) is 9.90 Å². The monoisotopic (exact) mass is 448 g/mol. The number of piperidine rings is 1. The second kappa shape index (κ2) is 8.62. The maximum atomic E-state index is 12.2. The van der Waals surface area contributed by atoms with Crippen LogP contribution in [0.4, 0.5) is 5.82 Å². The molecule has 4 heterocycles. The molecule has 3 atom stereocenters. The standard InChI is InChI=1S/C23H23B3N6O2/c1-31(17-10-15-3-4-16(11-17)28-15)21-7-6-19(29-30-21)18-5-2-13(8-20(18)33)14-9-22(34)32(27-12-14)23(24,25)26/h2,5-9,12,15-17,28,33H,3-4,10-11H2,1H3/t15-,16+,17?. The molecule has 1 unspecified atom stereocenters. The largest absolute Gasteiger partial charge is 0.507 e. The van der Waals surface area contributed by atoms with E-state index in [-0.39, 0.29) is 5.75 Å². The van der Waals surface area contributed by atoms with Crippen molar-refractivity contribution in [1.29, 1.82) is 0 Å². The van der Waals surface area contributed by atoms with Gasteiger partial charge in [0, 0.05) is 42.4 Å². The lowest BCUT2D eigenvalue weighted by Crippen LogP contribution is -2.47. The van der Waals surface area contributed by atoms with Crippen LogP contribution in [0.15, 0.2) is 47.4 Å². The summed E-state index contributed by atoms with van der Waals surface area (Å²) in [6.45, 7) is 0. The third-order valence-electron chi connectivity index (χ3n) is 6.78. The molecule has 5 rings (SSSR count). The first kappa shape index (κ1) is 22.7. The minimum absolute atomic E-state index is 0.0119. The van der Waals surface area contributed by atoms with Crippen molar-refractivity contribution in [2.45, 2.75) is 49.0 Å². The SMILES string of the molecule is [B]C([B])([B])n1ncc(-c2ccc(-c3ccc(N(C)C4C[C@H]5CC[C@@H](C4)N5)nn3)c(O)c2)cc1=O. The summed E-state index contributed by atoms with van der Waals surface area (Å²) >= 11 is 0. The summed E-state index contributed by atoms with van der Waals surface area (Å²) in [5, 5.41) is 25.1. The molecule has 2 fully saturated rings. The first-order valence-electron chi connectivity index (χ1n) is 11.3. The minimum Gasteiger partial charge on any atom is -0.507 e. The maximum absolute atomic E-state index is 12.2. The molecule has 2 aliphatic rings. The van der Waals surface area contributed by atoms with Gasteiger partial charge in [-0.2, -0.15) is 5.10 Å². The van der Waals surface area contributed by atoms with Gasteiger partial charge >= 0.3 is 0 Å². The van der Waals surface area contributed by atoms with E-state index in [2.05, 4.69) is 32.6 Å². The third-order valence-corrected chi connectivity index (χ3v) is 6.78. The first-order chi connectivity index (χ1) is 16.2. The van der Waals surface area contributed by atoms with Crippen LogP contribution in [0.3, 0.4) is 0 Å². The van der Waals surface area contributed by atoms with Crippen LogP contribution in [0, 0.1) is 0 Å². The average Bonchev–Trinajstić information content (AvgIpc) is 3.15. The van der Waals surface area contributed by atoms with Crippen molar-refractivity contribution in [3.05, 3.63) is 52.9 Å². The number of anilines is 1. The summed E-state index contributed by atoms with van der Waals surface area (Å²) in [5.74, 6) is 0.825. The Morgan fingerprint density at radius 1 is 1.06 bits per heavy atom. The van der Waals surface area contributed by atoms with Gasteiger partial charge in [0.25, 0.3) is 5.56 Å².